The number of hydrogen-bond donors (Lipinski definition) is 0. The maximum atomic E-state index is 4.38. The van der Waals surface area contributed by atoms with Gasteiger partial charge in [0, 0.05) is 11.8 Å². The lowest BCUT2D eigenvalue weighted by molar-refractivity contribution is 0.787. The molecular weight excluding hydrogens is 214 g/mol. The minimum Gasteiger partial charge on any atom is -0.238 e. The fraction of sp³-hybridized carbons (Fsp3) is 0.167. The first-order valence-electron chi connectivity index (χ1n) is 5.37. The molecule has 2 heterocycles. The molecule has 0 atom stereocenters. The number of aryl methyl sites for hydroxylation is 2. The lowest BCUT2D eigenvalue weighted by Crippen LogP contribution is -2.03. The van der Waals surface area contributed by atoms with E-state index in [-0.39, 0.29) is 0 Å². The predicted molar refractivity (Wildman–Crippen MR) is 63.9 cm³/mol. The van der Waals surface area contributed by atoms with Gasteiger partial charge < -0.3 is 0 Å². The van der Waals surface area contributed by atoms with Gasteiger partial charge in [0.25, 0.3) is 0 Å². The Hall–Kier alpha value is -2.30. The molecule has 0 spiro atoms. The summed E-state index contributed by atoms with van der Waals surface area (Å²) < 4.78 is 1.73. The van der Waals surface area contributed by atoms with Crippen LogP contribution in [0.4, 0.5) is 0 Å². The molecule has 1 aromatic carbocycles. The van der Waals surface area contributed by atoms with Crippen LogP contribution in [0.5, 0.6) is 0 Å². The van der Waals surface area contributed by atoms with Crippen molar-refractivity contribution in [3.05, 3.63) is 41.9 Å². The van der Waals surface area contributed by atoms with Gasteiger partial charge in [-0.2, -0.15) is 4.68 Å². The first-order chi connectivity index (χ1) is 8.24. The summed E-state index contributed by atoms with van der Waals surface area (Å²) in [5.74, 6) is 1.49. The molecule has 0 aliphatic carbocycles. The van der Waals surface area contributed by atoms with E-state index in [2.05, 4.69) is 20.3 Å². The molecule has 0 aliphatic rings. The average molecular weight is 225 g/mol. The van der Waals surface area contributed by atoms with Gasteiger partial charge in [-0.1, -0.05) is 17.3 Å². The van der Waals surface area contributed by atoms with Crippen LogP contribution >= 0.6 is 0 Å². The maximum Gasteiger partial charge on any atom is 0.159 e. The molecule has 3 aromatic rings. The zero-order chi connectivity index (χ0) is 11.8. The van der Waals surface area contributed by atoms with Gasteiger partial charge in [-0.15, -0.1) is 5.10 Å². The number of aromatic nitrogens is 5. The van der Waals surface area contributed by atoms with Crippen molar-refractivity contribution in [3.8, 4) is 5.82 Å². The normalized spacial score (nSPS) is 10.9. The Kier molecular flexibility index (Phi) is 2.11. The molecule has 0 saturated carbocycles. The topological polar surface area (TPSA) is 56.5 Å². The van der Waals surface area contributed by atoms with E-state index in [9.17, 15) is 0 Å². The highest BCUT2D eigenvalue weighted by Gasteiger charge is 2.07. The van der Waals surface area contributed by atoms with Gasteiger partial charge in [-0.25, -0.2) is 9.97 Å². The quantitative estimate of drug-likeness (QED) is 0.634. The first-order valence-corrected chi connectivity index (χ1v) is 5.37. The van der Waals surface area contributed by atoms with Crippen LogP contribution in [0.2, 0.25) is 0 Å². The molecule has 84 valence electrons. The highest BCUT2D eigenvalue weighted by atomic mass is 15.4. The van der Waals surface area contributed by atoms with Crippen molar-refractivity contribution in [2.75, 3.05) is 0 Å². The molecule has 0 N–H and O–H groups in total. The van der Waals surface area contributed by atoms with Gasteiger partial charge in [0.05, 0.1) is 5.52 Å². The van der Waals surface area contributed by atoms with Crippen molar-refractivity contribution in [3.63, 3.8) is 0 Å². The summed E-state index contributed by atoms with van der Waals surface area (Å²) in [7, 11) is 0. The second-order valence-electron chi connectivity index (χ2n) is 3.90. The lowest BCUT2D eigenvalue weighted by atomic mass is 10.3. The van der Waals surface area contributed by atoms with Gasteiger partial charge in [-0.3, -0.25) is 0 Å². The van der Waals surface area contributed by atoms with Crippen LogP contribution in [-0.2, 0) is 0 Å². The van der Waals surface area contributed by atoms with Gasteiger partial charge in [0.15, 0.2) is 5.82 Å². The summed E-state index contributed by atoms with van der Waals surface area (Å²) in [6.45, 7) is 3.81. The van der Waals surface area contributed by atoms with E-state index >= 15 is 0 Å². The predicted octanol–water partition coefficient (Wildman–Crippen LogP) is 1.83. The molecule has 0 saturated heterocycles. The molecule has 0 amide bonds. The van der Waals surface area contributed by atoms with Crippen LogP contribution in [0.1, 0.15) is 11.5 Å². The zero-order valence-electron chi connectivity index (χ0n) is 9.62. The molecule has 0 aliphatic heterocycles. The van der Waals surface area contributed by atoms with Crippen molar-refractivity contribution in [1.82, 2.24) is 25.0 Å². The van der Waals surface area contributed by atoms with E-state index in [1.807, 2.05) is 44.2 Å². The Morgan fingerprint density at radius 1 is 1.06 bits per heavy atom. The van der Waals surface area contributed by atoms with Crippen LogP contribution < -0.4 is 0 Å². The summed E-state index contributed by atoms with van der Waals surface area (Å²) >= 11 is 0. The number of para-hydroxylation sites is 1. The Labute approximate surface area is 98.1 Å². The minimum atomic E-state index is 0.736. The number of fused-ring (bicyclic) bond motifs is 1. The lowest BCUT2D eigenvalue weighted by Gasteiger charge is -2.03. The maximum absolute atomic E-state index is 4.38. The molecule has 0 bridgehead atoms. The van der Waals surface area contributed by atoms with Crippen LogP contribution in [-0.4, -0.2) is 25.0 Å². The summed E-state index contributed by atoms with van der Waals surface area (Å²) in [4.78, 5) is 8.63. The van der Waals surface area contributed by atoms with Gasteiger partial charge >= 0.3 is 0 Å². The second kappa shape index (κ2) is 3.62. The van der Waals surface area contributed by atoms with Gasteiger partial charge in [0.1, 0.15) is 11.3 Å². The van der Waals surface area contributed by atoms with E-state index < -0.39 is 0 Å². The average Bonchev–Trinajstić information content (AvgIpc) is 2.71. The molecule has 3 rings (SSSR count). The number of nitrogens with zero attached hydrogens (tertiary/aromatic N) is 5. The summed E-state index contributed by atoms with van der Waals surface area (Å²) in [5, 5.41) is 8.23. The molecule has 2 aromatic heterocycles. The molecule has 17 heavy (non-hydrogen) atoms. The van der Waals surface area contributed by atoms with Crippen LogP contribution in [0.3, 0.4) is 0 Å². The Balaban J connectivity index is 2.27. The Morgan fingerprint density at radius 2 is 1.88 bits per heavy atom. The third kappa shape index (κ3) is 1.65. The minimum absolute atomic E-state index is 0.736. The molecule has 0 fully saturated rings. The molecule has 0 unspecified atom stereocenters. The largest absolute Gasteiger partial charge is 0.238 e. The molecule has 5 nitrogen and oxygen atoms in total. The van der Waals surface area contributed by atoms with Crippen molar-refractivity contribution >= 4 is 11.0 Å². The van der Waals surface area contributed by atoms with Crippen molar-refractivity contribution in [2.45, 2.75) is 13.8 Å². The van der Waals surface area contributed by atoms with Gasteiger partial charge in [-0.05, 0) is 26.0 Å². The number of hydrogen-bond acceptors (Lipinski definition) is 4. The van der Waals surface area contributed by atoms with Crippen molar-refractivity contribution in [1.29, 1.82) is 0 Å². The smallest absolute Gasteiger partial charge is 0.159 e. The van der Waals surface area contributed by atoms with Crippen LogP contribution in [0, 0.1) is 13.8 Å². The van der Waals surface area contributed by atoms with E-state index in [1.165, 1.54) is 0 Å². The molecule has 0 radical (unpaired) electrons. The fourth-order valence-corrected chi connectivity index (χ4v) is 1.84. The van der Waals surface area contributed by atoms with E-state index in [0.717, 1.165) is 28.4 Å². The van der Waals surface area contributed by atoms with Crippen LogP contribution in [0.25, 0.3) is 16.9 Å². The van der Waals surface area contributed by atoms with Crippen LogP contribution in [0.15, 0.2) is 30.3 Å². The van der Waals surface area contributed by atoms with E-state index in [0.29, 0.717) is 0 Å². The summed E-state index contributed by atoms with van der Waals surface area (Å²) in [5.41, 5.74) is 2.73. The van der Waals surface area contributed by atoms with Gasteiger partial charge in [0.2, 0.25) is 0 Å². The zero-order valence-corrected chi connectivity index (χ0v) is 9.62. The Bertz CT molecular complexity index is 666. The summed E-state index contributed by atoms with van der Waals surface area (Å²) in [6.07, 6.45) is 0. The van der Waals surface area contributed by atoms with E-state index in [4.69, 9.17) is 0 Å². The highest BCUT2D eigenvalue weighted by Crippen LogP contribution is 2.14. The highest BCUT2D eigenvalue weighted by molar-refractivity contribution is 5.75. The van der Waals surface area contributed by atoms with Crippen molar-refractivity contribution < 1.29 is 0 Å². The Morgan fingerprint density at radius 3 is 2.71 bits per heavy atom. The van der Waals surface area contributed by atoms with Crippen molar-refractivity contribution in [2.24, 2.45) is 0 Å². The first kappa shape index (κ1) is 9.89. The number of benzene rings is 1. The summed E-state index contributed by atoms with van der Waals surface area (Å²) in [6, 6.07) is 9.71. The third-order valence-electron chi connectivity index (χ3n) is 2.52. The second-order valence-corrected chi connectivity index (χ2v) is 3.90. The molecular formula is C12H11N5. The van der Waals surface area contributed by atoms with E-state index in [1.54, 1.807) is 4.68 Å². The third-order valence-corrected chi connectivity index (χ3v) is 2.52. The SMILES string of the molecule is Cc1cc(-n2nnc3ccccc32)nc(C)n1. The standard InChI is InChI=1S/C12H11N5/c1-8-7-12(14-9(2)13-8)17-11-6-4-3-5-10(11)15-16-17/h3-7H,1-2H3. The fourth-order valence-electron chi connectivity index (χ4n) is 1.84. The molecule has 5 heteroatoms. The monoisotopic (exact) mass is 225 g/mol. The number of rotatable bonds is 1.